The lowest BCUT2D eigenvalue weighted by Crippen LogP contribution is -2.13. The summed E-state index contributed by atoms with van der Waals surface area (Å²) in [5, 5.41) is 11.9. The minimum atomic E-state index is -0.383. The predicted molar refractivity (Wildman–Crippen MR) is 104 cm³/mol. The number of nitriles is 1. The van der Waals surface area contributed by atoms with Gasteiger partial charge in [0.1, 0.15) is 0 Å². The quantitative estimate of drug-likeness (QED) is 0.711. The Kier molecular flexibility index (Phi) is 7.33. The molecule has 0 atom stereocenters. The topological polar surface area (TPSA) is 80.6 Å². The molecule has 27 heavy (non-hydrogen) atoms. The van der Waals surface area contributed by atoms with Gasteiger partial charge in [-0.15, -0.1) is 0 Å². The summed E-state index contributed by atoms with van der Waals surface area (Å²) in [7, 11) is 0. The highest BCUT2D eigenvalue weighted by atomic mass is 35.5. The van der Waals surface area contributed by atoms with Crippen LogP contribution in [0.2, 0.25) is 5.02 Å². The second-order valence-electron chi connectivity index (χ2n) is 5.36. The van der Waals surface area contributed by atoms with Crippen LogP contribution in [-0.4, -0.2) is 25.7 Å². The Labute approximate surface area is 163 Å². The number of nitrogens with one attached hydrogen (secondary N) is 1. The second kappa shape index (κ2) is 9.70. The minimum absolute atomic E-state index is 0.281. The second-order valence-corrected chi connectivity index (χ2v) is 5.77. The summed E-state index contributed by atoms with van der Waals surface area (Å²) in [6.45, 7) is 6.82. The summed E-state index contributed by atoms with van der Waals surface area (Å²) in [6, 6.07) is 9.86. The molecule has 2 aromatic carbocycles. The highest BCUT2D eigenvalue weighted by Gasteiger charge is 2.19. The van der Waals surface area contributed by atoms with Crippen LogP contribution in [0.1, 0.15) is 36.7 Å². The fraction of sp³-hybridized carbons (Fsp3) is 0.300. The van der Waals surface area contributed by atoms with E-state index >= 15 is 0 Å². The molecule has 6 nitrogen and oxygen atoms in total. The summed E-state index contributed by atoms with van der Waals surface area (Å²) in [5.74, 6) is 0.948. The normalized spacial score (nSPS) is 10.0. The van der Waals surface area contributed by atoms with Crippen LogP contribution in [0.15, 0.2) is 30.3 Å². The van der Waals surface area contributed by atoms with Gasteiger partial charge in [-0.25, -0.2) is 0 Å². The van der Waals surface area contributed by atoms with Crippen LogP contribution in [0.25, 0.3) is 0 Å². The van der Waals surface area contributed by atoms with Gasteiger partial charge in [-0.05, 0) is 51.1 Å². The maximum atomic E-state index is 12.7. The Morgan fingerprint density at radius 2 is 1.63 bits per heavy atom. The molecule has 0 unspecified atom stereocenters. The fourth-order valence-corrected chi connectivity index (χ4v) is 2.63. The molecule has 0 bridgehead atoms. The van der Waals surface area contributed by atoms with Gasteiger partial charge < -0.3 is 19.5 Å². The van der Waals surface area contributed by atoms with Gasteiger partial charge in [0.25, 0.3) is 5.91 Å². The number of halogens is 1. The third-order valence-corrected chi connectivity index (χ3v) is 3.83. The van der Waals surface area contributed by atoms with Gasteiger partial charge in [-0.3, -0.25) is 4.79 Å². The number of rotatable bonds is 8. The molecule has 0 aliphatic heterocycles. The van der Waals surface area contributed by atoms with Crippen LogP contribution in [0.3, 0.4) is 0 Å². The average Bonchev–Trinajstić information content (AvgIpc) is 2.66. The molecule has 0 aliphatic carbocycles. The highest BCUT2D eigenvalue weighted by Crippen LogP contribution is 2.39. The third kappa shape index (κ3) is 5.05. The van der Waals surface area contributed by atoms with Gasteiger partial charge >= 0.3 is 0 Å². The van der Waals surface area contributed by atoms with Crippen molar-refractivity contribution in [3.05, 3.63) is 46.5 Å². The monoisotopic (exact) mass is 388 g/mol. The van der Waals surface area contributed by atoms with Gasteiger partial charge in [-0.2, -0.15) is 5.26 Å². The number of hydrogen-bond acceptors (Lipinski definition) is 5. The van der Waals surface area contributed by atoms with Gasteiger partial charge in [-0.1, -0.05) is 11.6 Å². The summed E-state index contributed by atoms with van der Waals surface area (Å²) >= 11 is 6.13. The molecule has 0 heterocycles. The summed E-state index contributed by atoms with van der Waals surface area (Å²) in [4.78, 5) is 12.7. The maximum Gasteiger partial charge on any atom is 0.255 e. The van der Waals surface area contributed by atoms with E-state index in [0.717, 1.165) is 0 Å². The zero-order valence-electron chi connectivity index (χ0n) is 15.5. The van der Waals surface area contributed by atoms with E-state index in [1.165, 1.54) is 6.07 Å². The lowest BCUT2D eigenvalue weighted by Gasteiger charge is -2.17. The van der Waals surface area contributed by atoms with Crippen molar-refractivity contribution in [1.82, 2.24) is 0 Å². The molecule has 0 aromatic heterocycles. The number of carbonyl (C=O) groups is 1. The fourth-order valence-electron chi connectivity index (χ4n) is 2.40. The van der Waals surface area contributed by atoms with Gasteiger partial charge in [0, 0.05) is 5.56 Å². The molecule has 0 saturated carbocycles. The molecule has 1 amide bonds. The third-order valence-electron chi connectivity index (χ3n) is 3.52. The lowest BCUT2D eigenvalue weighted by atomic mass is 10.1. The number of ether oxygens (including phenoxy) is 3. The van der Waals surface area contributed by atoms with Crippen molar-refractivity contribution < 1.29 is 19.0 Å². The van der Waals surface area contributed by atoms with Crippen molar-refractivity contribution in [3.8, 4) is 23.3 Å². The van der Waals surface area contributed by atoms with Crippen molar-refractivity contribution in [2.24, 2.45) is 0 Å². The van der Waals surface area contributed by atoms with Gasteiger partial charge in [0.05, 0.1) is 42.2 Å². The van der Waals surface area contributed by atoms with E-state index in [-0.39, 0.29) is 10.9 Å². The van der Waals surface area contributed by atoms with Crippen molar-refractivity contribution in [1.29, 1.82) is 5.26 Å². The van der Waals surface area contributed by atoms with E-state index in [9.17, 15) is 4.79 Å². The molecule has 0 fully saturated rings. The van der Waals surface area contributed by atoms with Crippen molar-refractivity contribution in [2.45, 2.75) is 20.8 Å². The van der Waals surface area contributed by atoms with Crippen molar-refractivity contribution in [3.63, 3.8) is 0 Å². The number of amides is 1. The number of benzene rings is 2. The molecule has 0 radical (unpaired) electrons. The van der Waals surface area contributed by atoms with E-state index < -0.39 is 0 Å². The predicted octanol–water partition coefficient (Wildman–Crippen LogP) is 4.66. The Hall–Kier alpha value is -2.91. The van der Waals surface area contributed by atoms with E-state index in [1.807, 2.05) is 26.8 Å². The molecule has 7 heteroatoms. The molecular weight excluding hydrogens is 368 g/mol. The van der Waals surface area contributed by atoms with Crippen LogP contribution in [0.4, 0.5) is 5.69 Å². The lowest BCUT2D eigenvalue weighted by molar-refractivity contribution is 0.102. The van der Waals surface area contributed by atoms with Crippen LogP contribution < -0.4 is 19.5 Å². The zero-order chi connectivity index (χ0) is 19.8. The largest absolute Gasteiger partial charge is 0.490 e. The number of carbonyl (C=O) groups excluding carboxylic acids is 1. The smallest absolute Gasteiger partial charge is 0.255 e. The van der Waals surface area contributed by atoms with E-state index in [1.54, 1.807) is 24.3 Å². The van der Waals surface area contributed by atoms with Gasteiger partial charge in [0.15, 0.2) is 11.5 Å². The summed E-state index contributed by atoms with van der Waals surface area (Å²) in [6.07, 6.45) is 0. The van der Waals surface area contributed by atoms with E-state index in [2.05, 4.69) is 5.32 Å². The Bertz CT molecular complexity index is 835. The first kappa shape index (κ1) is 20.4. The molecule has 2 aromatic rings. The standard InChI is InChI=1S/C20H21ClN2O4/c1-4-25-17-10-14(11-18(26-5-2)19(17)27-6-3)20(24)23-16-8-7-13(12-22)9-15(16)21/h7-11H,4-6H2,1-3H3,(H,23,24). The first-order chi connectivity index (χ1) is 13.0. The molecule has 0 spiro atoms. The maximum absolute atomic E-state index is 12.7. The molecule has 142 valence electrons. The first-order valence-electron chi connectivity index (χ1n) is 8.61. The van der Waals surface area contributed by atoms with Crippen LogP contribution in [-0.2, 0) is 0 Å². The molecule has 2 rings (SSSR count). The van der Waals surface area contributed by atoms with E-state index in [4.69, 9.17) is 31.1 Å². The Morgan fingerprint density at radius 3 is 2.11 bits per heavy atom. The summed E-state index contributed by atoms with van der Waals surface area (Å²) in [5.41, 5.74) is 1.16. The number of anilines is 1. The molecular formula is C20H21ClN2O4. The molecule has 0 aliphatic rings. The van der Waals surface area contributed by atoms with Crippen molar-refractivity contribution >= 4 is 23.2 Å². The molecule has 0 saturated heterocycles. The first-order valence-corrected chi connectivity index (χ1v) is 8.99. The van der Waals surface area contributed by atoms with Crippen molar-refractivity contribution in [2.75, 3.05) is 25.1 Å². The Morgan fingerprint density at radius 1 is 1.04 bits per heavy atom. The highest BCUT2D eigenvalue weighted by molar-refractivity contribution is 6.34. The van der Waals surface area contributed by atoms with Crippen LogP contribution >= 0.6 is 11.6 Å². The SMILES string of the molecule is CCOc1cc(C(=O)Nc2ccc(C#N)cc2Cl)cc(OCC)c1OCC. The summed E-state index contributed by atoms with van der Waals surface area (Å²) < 4.78 is 16.9. The van der Waals surface area contributed by atoms with Crippen LogP contribution in [0, 0.1) is 11.3 Å². The number of hydrogen-bond donors (Lipinski definition) is 1. The Balaban J connectivity index is 2.38. The van der Waals surface area contributed by atoms with Gasteiger partial charge in [0.2, 0.25) is 5.75 Å². The number of nitrogens with zero attached hydrogens (tertiary/aromatic N) is 1. The average molecular weight is 389 g/mol. The zero-order valence-corrected chi connectivity index (χ0v) is 16.2. The molecule has 1 N–H and O–H groups in total. The van der Waals surface area contributed by atoms with E-state index in [0.29, 0.717) is 53.9 Å². The van der Waals surface area contributed by atoms with Crippen LogP contribution in [0.5, 0.6) is 17.2 Å². The minimum Gasteiger partial charge on any atom is -0.490 e.